The highest BCUT2D eigenvalue weighted by atomic mass is 32.2. The van der Waals surface area contributed by atoms with Gasteiger partial charge in [0.15, 0.2) is 5.84 Å². The molecule has 0 aromatic heterocycles. The lowest BCUT2D eigenvalue weighted by atomic mass is 10.2. The predicted octanol–water partition coefficient (Wildman–Crippen LogP) is 0.516. The van der Waals surface area contributed by atoms with Crippen molar-refractivity contribution in [2.45, 2.75) is 11.8 Å². The Kier molecular flexibility index (Phi) is 4.01. The molecule has 1 aromatic rings. The average molecular weight is 266 g/mol. The lowest BCUT2D eigenvalue weighted by Crippen LogP contribution is -2.21. The van der Waals surface area contributed by atoms with E-state index in [1.54, 1.807) is 19.1 Å². The first-order chi connectivity index (χ1) is 8.36. The van der Waals surface area contributed by atoms with Gasteiger partial charge >= 0.3 is 10.1 Å². The summed E-state index contributed by atoms with van der Waals surface area (Å²) < 4.78 is 27.6. The van der Waals surface area contributed by atoms with Crippen molar-refractivity contribution in [3.8, 4) is 6.07 Å². The molecule has 1 aromatic carbocycles. The predicted molar refractivity (Wildman–Crippen MR) is 64.4 cm³/mol. The number of hydrogen-bond donors (Lipinski definition) is 2. The Morgan fingerprint density at radius 3 is 2.44 bits per heavy atom. The van der Waals surface area contributed by atoms with E-state index in [1.807, 2.05) is 0 Å². The third-order valence-electron chi connectivity index (χ3n) is 1.90. The van der Waals surface area contributed by atoms with Crippen molar-refractivity contribution in [3.63, 3.8) is 0 Å². The fraction of sp³-hybridized carbons (Fsp3) is 0.100. The SMILES string of the molecule is Cc1ccc(S(=O)(=O)O/N=C(\C#N)C(=N)N)cc1. The second-order valence-corrected chi connectivity index (χ2v) is 4.84. The molecule has 1 rings (SSSR count). The molecule has 0 saturated heterocycles. The number of nitrogens with two attached hydrogens (primary N) is 1. The van der Waals surface area contributed by atoms with Gasteiger partial charge in [-0.1, -0.05) is 17.7 Å². The Balaban J connectivity index is 3.00. The monoisotopic (exact) mass is 266 g/mol. The van der Waals surface area contributed by atoms with E-state index in [0.717, 1.165) is 5.56 Å². The van der Waals surface area contributed by atoms with Crippen LogP contribution >= 0.6 is 0 Å². The molecule has 0 unspecified atom stereocenters. The van der Waals surface area contributed by atoms with Crippen molar-refractivity contribution >= 4 is 21.7 Å². The minimum absolute atomic E-state index is 0.0994. The molecule has 18 heavy (non-hydrogen) atoms. The number of aryl methyl sites for hydroxylation is 1. The summed E-state index contributed by atoms with van der Waals surface area (Å²) in [4.78, 5) is -0.0994. The molecule has 0 amide bonds. The first-order valence-electron chi connectivity index (χ1n) is 4.69. The Bertz CT molecular complexity index is 626. The van der Waals surface area contributed by atoms with E-state index in [-0.39, 0.29) is 4.90 Å². The summed E-state index contributed by atoms with van der Waals surface area (Å²) in [5, 5.41) is 18.5. The molecule has 8 heteroatoms. The molecule has 0 aliphatic heterocycles. The summed E-state index contributed by atoms with van der Waals surface area (Å²) in [6, 6.07) is 7.33. The topological polar surface area (TPSA) is 129 Å². The smallest absolute Gasteiger partial charge is 0.358 e. The number of rotatable bonds is 4. The molecule has 94 valence electrons. The van der Waals surface area contributed by atoms with E-state index in [1.165, 1.54) is 18.2 Å². The Labute approximate surface area is 104 Å². The number of oxime groups is 1. The molecule has 0 fully saturated rings. The van der Waals surface area contributed by atoms with Crippen molar-refractivity contribution < 1.29 is 12.7 Å². The van der Waals surface area contributed by atoms with Crippen molar-refractivity contribution in [1.29, 1.82) is 10.7 Å². The van der Waals surface area contributed by atoms with Gasteiger partial charge in [0, 0.05) is 0 Å². The highest BCUT2D eigenvalue weighted by Crippen LogP contribution is 2.13. The maximum atomic E-state index is 11.6. The van der Waals surface area contributed by atoms with Crippen molar-refractivity contribution in [1.82, 2.24) is 0 Å². The molecule has 0 saturated carbocycles. The fourth-order valence-electron chi connectivity index (χ4n) is 0.964. The van der Waals surface area contributed by atoms with Crippen LogP contribution in [-0.2, 0) is 14.4 Å². The van der Waals surface area contributed by atoms with Crippen LogP contribution < -0.4 is 5.73 Å². The van der Waals surface area contributed by atoms with E-state index >= 15 is 0 Å². The standard InChI is InChI=1S/C10H10N4O3S/c1-7-2-4-8(5-3-7)18(15,16)17-14-9(6-11)10(12)13/h2-5H,1H3,(H3,12,13)/b14-9+. The van der Waals surface area contributed by atoms with Crippen molar-refractivity contribution in [2.24, 2.45) is 10.9 Å². The van der Waals surface area contributed by atoms with Crippen LogP contribution in [0.5, 0.6) is 0 Å². The van der Waals surface area contributed by atoms with Gasteiger partial charge in [-0.3, -0.25) is 9.69 Å². The minimum atomic E-state index is -4.11. The van der Waals surface area contributed by atoms with E-state index in [9.17, 15) is 8.42 Å². The molecule has 7 nitrogen and oxygen atoms in total. The van der Waals surface area contributed by atoms with Crippen LogP contribution in [0.15, 0.2) is 34.3 Å². The van der Waals surface area contributed by atoms with E-state index < -0.39 is 21.7 Å². The lowest BCUT2D eigenvalue weighted by Gasteiger charge is -2.02. The molecule has 0 spiro atoms. The van der Waals surface area contributed by atoms with Crippen LogP contribution in [0.25, 0.3) is 0 Å². The normalized spacial score (nSPS) is 11.7. The average Bonchev–Trinajstić information content (AvgIpc) is 2.29. The van der Waals surface area contributed by atoms with E-state index in [0.29, 0.717) is 0 Å². The lowest BCUT2D eigenvalue weighted by molar-refractivity contribution is 0.340. The van der Waals surface area contributed by atoms with Crippen LogP contribution in [0, 0.1) is 23.7 Å². The molecule has 0 heterocycles. The summed E-state index contributed by atoms with van der Waals surface area (Å²) in [6.45, 7) is 1.80. The second-order valence-electron chi connectivity index (χ2n) is 3.31. The van der Waals surface area contributed by atoms with Gasteiger partial charge in [-0.15, -0.1) is 0 Å². The molecular weight excluding hydrogens is 256 g/mol. The van der Waals surface area contributed by atoms with Gasteiger partial charge in [0.2, 0.25) is 5.71 Å². The van der Waals surface area contributed by atoms with E-state index in [2.05, 4.69) is 9.44 Å². The van der Waals surface area contributed by atoms with Gasteiger partial charge in [-0.05, 0) is 24.2 Å². The van der Waals surface area contributed by atoms with Gasteiger partial charge in [0.25, 0.3) is 0 Å². The molecule has 0 bridgehead atoms. The number of nitriles is 1. The maximum Gasteiger partial charge on any atom is 0.358 e. The fourth-order valence-corrected chi connectivity index (χ4v) is 1.69. The number of amidine groups is 1. The van der Waals surface area contributed by atoms with Gasteiger partial charge in [-0.25, -0.2) is 0 Å². The van der Waals surface area contributed by atoms with Crippen molar-refractivity contribution in [3.05, 3.63) is 29.8 Å². The summed E-state index contributed by atoms with van der Waals surface area (Å²) in [6.07, 6.45) is 0. The first kappa shape index (κ1) is 13.7. The quantitative estimate of drug-likeness (QED) is 0.466. The minimum Gasteiger partial charge on any atom is -0.382 e. The largest absolute Gasteiger partial charge is 0.382 e. The Morgan fingerprint density at radius 1 is 1.44 bits per heavy atom. The van der Waals surface area contributed by atoms with Crippen LogP contribution in [0.1, 0.15) is 5.56 Å². The van der Waals surface area contributed by atoms with Crippen LogP contribution in [0.4, 0.5) is 0 Å². The molecular formula is C10H10N4O3S. The molecule has 0 radical (unpaired) electrons. The maximum absolute atomic E-state index is 11.6. The van der Waals surface area contributed by atoms with Crippen LogP contribution in [0.3, 0.4) is 0 Å². The summed E-state index contributed by atoms with van der Waals surface area (Å²) in [5.41, 5.74) is 5.27. The molecule has 3 N–H and O–H groups in total. The summed E-state index contributed by atoms with van der Waals surface area (Å²) in [7, 11) is -4.11. The zero-order chi connectivity index (χ0) is 13.8. The van der Waals surface area contributed by atoms with Crippen LogP contribution in [-0.4, -0.2) is 20.0 Å². The van der Waals surface area contributed by atoms with Gasteiger partial charge in [0.1, 0.15) is 11.0 Å². The van der Waals surface area contributed by atoms with Gasteiger partial charge < -0.3 is 5.73 Å². The first-order valence-corrected chi connectivity index (χ1v) is 6.10. The highest BCUT2D eigenvalue weighted by molar-refractivity contribution is 7.86. The summed E-state index contributed by atoms with van der Waals surface area (Å²) in [5.74, 6) is -0.670. The van der Waals surface area contributed by atoms with E-state index in [4.69, 9.17) is 16.4 Å². The van der Waals surface area contributed by atoms with Crippen molar-refractivity contribution in [2.75, 3.05) is 0 Å². The Morgan fingerprint density at radius 2 is 2.00 bits per heavy atom. The zero-order valence-corrected chi connectivity index (χ0v) is 10.2. The number of nitrogens with one attached hydrogen (secondary N) is 1. The zero-order valence-electron chi connectivity index (χ0n) is 9.41. The molecule has 0 aliphatic rings. The summed E-state index contributed by atoms with van der Waals surface area (Å²) >= 11 is 0. The number of benzene rings is 1. The highest BCUT2D eigenvalue weighted by Gasteiger charge is 2.16. The number of nitrogens with zero attached hydrogens (tertiary/aromatic N) is 2. The third-order valence-corrected chi connectivity index (χ3v) is 3.02. The molecule has 0 atom stereocenters. The van der Waals surface area contributed by atoms with Gasteiger partial charge in [0.05, 0.1) is 0 Å². The third kappa shape index (κ3) is 3.29. The van der Waals surface area contributed by atoms with Gasteiger partial charge in [-0.2, -0.15) is 13.7 Å². The second kappa shape index (κ2) is 5.29. The molecule has 0 aliphatic carbocycles. The van der Waals surface area contributed by atoms with Crippen LogP contribution in [0.2, 0.25) is 0 Å². The Hall–Kier alpha value is -2.40. The number of hydrogen-bond acceptors (Lipinski definition) is 6.